The van der Waals surface area contributed by atoms with Crippen molar-refractivity contribution in [2.45, 2.75) is 26.0 Å². The van der Waals surface area contributed by atoms with E-state index in [1.807, 2.05) is 36.5 Å². The maximum Gasteiger partial charge on any atom is 0.295 e. The molecule has 6 nitrogen and oxygen atoms in total. The predicted molar refractivity (Wildman–Crippen MR) is 114 cm³/mol. The van der Waals surface area contributed by atoms with Crippen molar-refractivity contribution in [2.75, 3.05) is 27.2 Å². The van der Waals surface area contributed by atoms with E-state index < -0.39 is 29.3 Å². The number of hydrogen-bond acceptors (Lipinski definition) is 6. The highest BCUT2D eigenvalue weighted by Gasteiger charge is 2.46. The van der Waals surface area contributed by atoms with Crippen molar-refractivity contribution in [3.8, 4) is 5.75 Å². The fourth-order valence-electron chi connectivity index (χ4n) is 3.31. The topological polar surface area (TPSA) is 70.1 Å². The van der Waals surface area contributed by atoms with Gasteiger partial charge in [0.15, 0.2) is 11.6 Å². The lowest BCUT2D eigenvalue weighted by atomic mass is 9.99. The third kappa shape index (κ3) is 4.39. The zero-order valence-electron chi connectivity index (χ0n) is 17.4. The van der Waals surface area contributed by atoms with Gasteiger partial charge in [-0.3, -0.25) is 9.59 Å². The molecule has 0 aliphatic carbocycles. The number of ketones is 1. The van der Waals surface area contributed by atoms with Gasteiger partial charge in [-0.05, 0) is 57.6 Å². The van der Waals surface area contributed by atoms with E-state index in [4.69, 9.17) is 4.74 Å². The number of Topliss-reactive ketones (excluding diaryl/α,β-unsaturated/α-hetero) is 1. The minimum absolute atomic E-state index is 0.0295. The molecule has 160 valence electrons. The number of halogens is 1. The summed E-state index contributed by atoms with van der Waals surface area (Å²) in [5.41, 5.74) is 0.0916. The SMILES string of the molecule is CC(C)Oc1ccc(/C(O)=C2\C(=O)C(=O)N(CCN(C)C)[C@@H]2c2cccs2)cc1F. The molecule has 1 N–H and O–H groups in total. The number of benzene rings is 1. The van der Waals surface area contributed by atoms with Crippen LogP contribution in [0.3, 0.4) is 0 Å². The number of hydrogen-bond donors (Lipinski definition) is 1. The van der Waals surface area contributed by atoms with Crippen molar-refractivity contribution in [3.63, 3.8) is 0 Å². The molecule has 1 amide bonds. The van der Waals surface area contributed by atoms with Crippen LogP contribution < -0.4 is 4.74 Å². The highest BCUT2D eigenvalue weighted by molar-refractivity contribution is 7.10. The van der Waals surface area contributed by atoms with Crippen LogP contribution in [0.15, 0.2) is 41.3 Å². The molecule has 1 aromatic heterocycles. The van der Waals surface area contributed by atoms with Gasteiger partial charge in [-0.15, -0.1) is 11.3 Å². The second-order valence-electron chi connectivity index (χ2n) is 7.62. The second kappa shape index (κ2) is 8.97. The Kier molecular flexibility index (Phi) is 6.58. The highest BCUT2D eigenvalue weighted by Crippen LogP contribution is 2.41. The van der Waals surface area contributed by atoms with Crippen LogP contribution in [-0.4, -0.2) is 59.9 Å². The van der Waals surface area contributed by atoms with Gasteiger partial charge >= 0.3 is 0 Å². The van der Waals surface area contributed by atoms with Gasteiger partial charge in [-0.25, -0.2) is 4.39 Å². The fourth-order valence-corrected chi connectivity index (χ4v) is 4.16. The molecule has 2 heterocycles. The lowest BCUT2D eigenvalue weighted by molar-refractivity contribution is -0.140. The molecule has 30 heavy (non-hydrogen) atoms. The largest absolute Gasteiger partial charge is 0.507 e. The summed E-state index contributed by atoms with van der Waals surface area (Å²) in [6.45, 7) is 4.45. The number of nitrogens with zero attached hydrogens (tertiary/aromatic N) is 2. The summed E-state index contributed by atoms with van der Waals surface area (Å²) in [6.07, 6.45) is -0.209. The standard InChI is InChI=1S/C22H25FN2O4S/c1-13(2)29-16-8-7-14(12-15(16)23)20(26)18-19(17-6-5-11-30-17)25(10-9-24(3)4)22(28)21(18)27/h5-8,11-13,19,26H,9-10H2,1-4H3/b20-18+/t19-/m1/s1. The van der Waals surface area contributed by atoms with Gasteiger partial charge in [0.05, 0.1) is 17.7 Å². The van der Waals surface area contributed by atoms with Crippen molar-refractivity contribution in [1.29, 1.82) is 0 Å². The number of aliphatic hydroxyl groups is 1. The van der Waals surface area contributed by atoms with Crippen molar-refractivity contribution in [2.24, 2.45) is 0 Å². The molecule has 1 fully saturated rings. The summed E-state index contributed by atoms with van der Waals surface area (Å²) in [6, 6.07) is 6.94. The molecule has 0 saturated carbocycles. The molecule has 3 rings (SSSR count). The Morgan fingerprint density at radius 1 is 1.30 bits per heavy atom. The summed E-state index contributed by atoms with van der Waals surface area (Å²) in [7, 11) is 3.75. The highest BCUT2D eigenvalue weighted by atomic mass is 32.1. The van der Waals surface area contributed by atoms with Gasteiger partial charge in [0, 0.05) is 23.5 Å². The number of amides is 1. The Bertz CT molecular complexity index is 970. The fraction of sp³-hybridized carbons (Fsp3) is 0.364. The minimum Gasteiger partial charge on any atom is -0.507 e. The molecule has 0 spiro atoms. The van der Waals surface area contributed by atoms with Gasteiger partial charge in [0.1, 0.15) is 5.76 Å². The number of ether oxygens (including phenoxy) is 1. The van der Waals surface area contributed by atoms with E-state index in [2.05, 4.69) is 0 Å². The van der Waals surface area contributed by atoms with Crippen LogP contribution in [-0.2, 0) is 9.59 Å². The first-order valence-corrected chi connectivity index (χ1v) is 10.5. The van der Waals surface area contributed by atoms with E-state index in [9.17, 15) is 19.1 Å². The van der Waals surface area contributed by atoms with Gasteiger partial charge in [-0.1, -0.05) is 6.07 Å². The number of likely N-dealkylation sites (N-methyl/N-ethyl adjacent to an activating group) is 1. The molecule has 1 atom stereocenters. The summed E-state index contributed by atoms with van der Waals surface area (Å²) < 4.78 is 19.9. The van der Waals surface area contributed by atoms with E-state index in [0.717, 1.165) is 10.9 Å². The van der Waals surface area contributed by atoms with Gasteiger partial charge in [-0.2, -0.15) is 0 Å². The molecule has 0 radical (unpaired) electrons. The summed E-state index contributed by atoms with van der Waals surface area (Å²) in [5.74, 6) is -2.43. The van der Waals surface area contributed by atoms with Crippen LogP contribution in [0.5, 0.6) is 5.75 Å². The number of carbonyl (C=O) groups is 2. The van der Waals surface area contributed by atoms with Crippen LogP contribution in [0.25, 0.3) is 5.76 Å². The zero-order valence-corrected chi connectivity index (χ0v) is 18.2. The summed E-state index contributed by atoms with van der Waals surface area (Å²) in [5, 5.41) is 12.8. The molecule has 1 aromatic carbocycles. The van der Waals surface area contributed by atoms with Crippen LogP contribution in [0, 0.1) is 5.82 Å². The first kappa shape index (κ1) is 22.0. The van der Waals surface area contributed by atoms with Crippen LogP contribution in [0.1, 0.15) is 30.3 Å². The van der Waals surface area contributed by atoms with Gasteiger partial charge < -0.3 is 19.6 Å². The Morgan fingerprint density at radius 3 is 2.60 bits per heavy atom. The summed E-state index contributed by atoms with van der Waals surface area (Å²) >= 11 is 1.39. The van der Waals surface area contributed by atoms with Crippen molar-refractivity contribution in [3.05, 3.63) is 57.5 Å². The zero-order chi connectivity index (χ0) is 22.0. The van der Waals surface area contributed by atoms with Crippen LogP contribution in [0.2, 0.25) is 0 Å². The quantitative estimate of drug-likeness (QED) is 0.411. The Balaban J connectivity index is 2.06. The van der Waals surface area contributed by atoms with E-state index >= 15 is 0 Å². The van der Waals surface area contributed by atoms with E-state index in [1.54, 1.807) is 13.8 Å². The van der Waals surface area contributed by atoms with Gasteiger partial charge in [0.25, 0.3) is 11.7 Å². The third-order valence-corrected chi connectivity index (χ3v) is 5.63. The lowest BCUT2D eigenvalue weighted by Crippen LogP contribution is -2.35. The van der Waals surface area contributed by atoms with Crippen molar-refractivity contribution in [1.82, 2.24) is 9.80 Å². The molecule has 2 aromatic rings. The maximum atomic E-state index is 14.5. The van der Waals surface area contributed by atoms with Gasteiger partial charge in [0.2, 0.25) is 0 Å². The monoisotopic (exact) mass is 432 g/mol. The second-order valence-corrected chi connectivity index (χ2v) is 8.60. The van der Waals surface area contributed by atoms with E-state index in [0.29, 0.717) is 13.1 Å². The molecular weight excluding hydrogens is 407 g/mol. The molecule has 1 aliphatic rings. The van der Waals surface area contributed by atoms with E-state index in [-0.39, 0.29) is 23.0 Å². The maximum absolute atomic E-state index is 14.5. The molecule has 8 heteroatoms. The molecular formula is C22H25FN2O4S. The third-order valence-electron chi connectivity index (χ3n) is 4.71. The Labute approximate surface area is 179 Å². The molecule has 1 saturated heterocycles. The average Bonchev–Trinajstić information content (AvgIpc) is 3.28. The van der Waals surface area contributed by atoms with Crippen molar-refractivity contribution >= 4 is 28.8 Å². The normalized spacial score (nSPS) is 18.6. The number of likely N-dealkylation sites (tertiary alicyclic amines) is 1. The summed E-state index contributed by atoms with van der Waals surface area (Å²) in [4.78, 5) is 29.7. The van der Waals surface area contributed by atoms with Crippen LogP contribution in [0.4, 0.5) is 4.39 Å². The predicted octanol–water partition coefficient (Wildman–Crippen LogP) is 3.66. The smallest absolute Gasteiger partial charge is 0.295 e. The lowest BCUT2D eigenvalue weighted by Gasteiger charge is -2.25. The minimum atomic E-state index is -0.771. The first-order chi connectivity index (χ1) is 14.2. The van der Waals surface area contributed by atoms with Crippen LogP contribution >= 0.6 is 11.3 Å². The number of aliphatic hydroxyl groups excluding tert-OH is 1. The Morgan fingerprint density at radius 2 is 2.03 bits per heavy atom. The number of thiophene rings is 1. The molecule has 0 unspecified atom stereocenters. The Hall–Kier alpha value is -2.71. The molecule has 0 bridgehead atoms. The number of rotatable bonds is 7. The van der Waals surface area contributed by atoms with E-state index in [1.165, 1.54) is 28.4 Å². The average molecular weight is 433 g/mol. The number of carbonyl (C=O) groups excluding carboxylic acids is 2. The van der Waals surface area contributed by atoms with Crippen molar-refractivity contribution < 1.29 is 23.8 Å². The first-order valence-electron chi connectivity index (χ1n) is 9.63. The molecule has 1 aliphatic heterocycles.